The molecule has 124 valence electrons. The second kappa shape index (κ2) is 8.00. The zero-order chi connectivity index (χ0) is 16.8. The van der Waals surface area contributed by atoms with Gasteiger partial charge in [0.25, 0.3) is 0 Å². The first kappa shape index (κ1) is 18.2. The van der Waals surface area contributed by atoms with E-state index in [2.05, 4.69) is 5.32 Å². The van der Waals surface area contributed by atoms with Gasteiger partial charge in [0.05, 0.1) is 32.7 Å². The van der Waals surface area contributed by atoms with Gasteiger partial charge in [-0.25, -0.2) is 8.42 Å². The molecule has 0 aliphatic carbocycles. The molecule has 1 aromatic rings. The molecule has 1 amide bonds. The summed E-state index contributed by atoms with van der Waals surface area (Å²) in [5.74, 6) is 0.589. The molecular formula is C14H22N2O5S. The summed E-state index contributed by atoms with van der Waals surface area (Å²) in [7, 11) is -0.429. The second-order valence-corrected chi connectivity index (χ2v) is 6.69. The topological polar surface area (TPSA) is 84.9 Å². The van der Waals surface area contributed by atoms with E-state index in [9.17, 15) is 13.2 Å². The van der Waals surface area contributed by atoms with Crippen molar-refractivity contribution in [1.82, 2.24) is 4.31 Å². The molecule has 0 fully saturated rings. The third-order valence-electron chi connectivity index (χ3n) is 2.94. The van der Waals surface area contributed by atoms with E-state index in [1.54, 1.807) is 18.2 Å². The molecule has 0 atom stereocenters. The van der Waals surface area contributed by atoms with Crippen molar-refractivity contribution in [2.24, 2.45) is 0 Å². The Morgan fingerprint density at radius 2 is 1.95 bits per heavy atom. The number of hydrogen-bond acceptors (Lipinski definition) is 5. The highest BCUT2D eigenvalue weighted by molar-refractivity contribution is 7.88. The molecule has 0 aromatic heterocycles. The maximum atomic E-state index is 12.1. The Hall–Kier alpha value is -1.80. The van der Waals surface area contributed by atoms with Crippen molar-refractivity contribution >= 4 is 21.6 Å². The van der Waals surface area contributed by atoms with Crippen LogP contribution in [0.25, 0.3) is 0 Å². The fourth-order valence-electron chi connectivity index (χ4n) is 1.87. The van der Waals surface area contributed by atoms with Crippen LogP contribution in [0.4, 0.5) is 5.69 Å². The van der Waals surface area contributed by atoms with E-state index in [-0.39, 0.29) is 6.54 Å². The summed E-state index contributed by atoms with van der Waals surface area (Å²) in [6.45, 7) is 1.90. The Balaban J connectivity index is 2.87. The molecule has 0 saturated heterocycles. The van der Waals surface area contributed by atoms with Gasteiger partial charge in [-0.1, -0.05) is 6.92 Å². The smallest absolute Gasteiger partial charge is 0.239 e. The zero-order valence-corrected chi connectivity index (χ0v) is 14.1. The predicted molar refractivity (Wildman–Crippen MR) is 84.9 cm³/mol. The first-order valence-electron chi connectivity index (χ1n) is 6.78. The second-order valence-electron chi connectivity index (χ2n) is 4.71. The molecule has 0 unspecified atom stereocenters. The summed E-state index contributed by atoms with van der Waals surface area (Å²) in [4.78, 5) is 12.1. The van der Waals surface area contributed by atoms with Crippen molar-refractivity contribution in [3.63, 3.8) is 0 Å². The lowest BCUT2D eigenvalue weighted by molar-refractivity contribution is -0.116. The number of methoxy groups -OCH3 is 2. The standard InChI is InChI=1S/C14H22N2O5S/c1-5-8-16(22(4,18)19)10-14(17)15-12-9-11(20-2)6-7-13(12)21-3/h6-7,9H,5,8,10H2,1-4H3,(H,15,17). The number of ether oxygens (including phenoxy) is 2. The Bertz CT molecular complexity index is 616. The molecule has 0 saturated carbocycles. The van der Waals surface area contributed by atoms with Crippen LogP contribution in [0, 0.1) is 0 Å². The van der Waals surface area contributed by atoms with Gasteiger partial charge in [0.1, 0.15) is 11.5 Å². The number of carbonyl (C=O) groups excluding carboxylic acids is 1. The van der Waals surface area contributed by atoms with Crippen molar-refractivity contribution in [2.75, 3.05) is 38.9 Å². The summed E-state index contributed by atoms with van der Waals surface area (Å²) in [5.41, 5.74) is 0.428. The maximum Gasteiger partial charge on any atom is 0.239 e. The van der Waals surface area contributed by atoms with Crippen LogP contribution in [0.5, 0.6) is 11.5 Å². The number of rotatable bonds is 8. The van der Waals surface area contributed by atoms with E-state index < -0.39 is 15.9 Å². The number of benzene rings is 1. The van der Waals surface area contributed by atoms with Crippen LogP contribution in [0.3, 0.4) is 0 Å². The van der Waals surface area contributed by atoms with E-state index in [0.29, 0.717) is 30.2 Å². The summed E-state index contributed by atoms with van der Waals surface area (Å²) >= 11 is 0. The largest absolute Gasteiger partial charge is 0.497 e. The highest BCUT2D eigenvalue weighted by Crippen LogP contribution is 2.28. The average Bonchev–Trinajstić information content (AvgIpc) is 2.45. The van der Waals surface area contributed by atoms with Gasteiger partial charge in [-0.05, 0) is 18.6 Å². The van der Waals surface area contributed by atoms with Gasteiger partial charge in [0, 0.05) is 12.6 Å². The van der Waals surface area contributed by atoms with Gasteiger partial charge in [-0.15, -0.1) is 0 Å². The molecule has 0 heterocycles. The molecular weight excluding hydrogens is 308 g/mol. The first-order chi connectivity index (χ1) is 10.3. The lowest BCUT2D eigenvalue weighted by Crippen LogP contribution is -2.37. The summed E-state index contributed by atoms with van der Waals surface area (Å²) < 4.78 is 34.7. The maximum absolute atomic E-state index is 12.1. The van der Waals surface area contributed by atoms with Crippen LogP contribution < -0.4 is 14.8 Å². The Labute approximate surface area is 131 Å². The molecule has 1 N–H and O–H groups in total. The number of carbonyl (C=O) groups is 1. The van der Waals surface area contributed by atoms with Crippen LogP contribution in [0.2, 0.25) is 0 Å². The number of nitrogens with zero attached hydrogens (tertiary/aromatic N) is 1. The normalized spacial score (nSPS) is 11.3. The first-order valence-corrected chi connectivity index (χ1v) is 8.63. The van der Waals surface area contributed by atoms with Crippen LogP contribution in [0.1, 0.15) is 13.3 Å². The van der Waals surface area contributed by atoms with Crippen molar-refractivity contribution in [3.8, 4) is 11.5 Å². The molecule has 1 rings (SSSR count). The molecule has 1 aromatic carbocycles. The summed E-state index contributed by atoms with van der Waals surface area (Å²) in [6.07, 6.45) is 1.71. The zero-order valence-electron chi connectivity index (χ0n) is 13.3. The van der Waals surface area contributed by atoms with Gasteiger partial charge in [-0.2, -0.15) is 4.31 Å². The van der Waals surface area contributed by atoms with Crippen molar-refractivity contribution in [1.29, 1.82) is 0 Å². The quantitative estimate of drug-likeness (QED) is 0.777. The number of hydrogen-bond donors (Lipinski definition) is 1. The van der Waals surface area contributed by atoms with Gasteiger partial charge in [0.2, 0.25) is 15.9 Å². The molecule has 0 aliphatic rings. The minimum atomic E-state index is -3.43. The average molecular weight is 330 g/mol. The van der Waals surface area contributed by atoms with Crippen LogP contribution in [-0.4, -0.2) is 52.2 Å². The Morgan fingerprint density at radius 1 is 1.27 bits per heavy atom. The SMILES string of the molecule is CCCN(CC(=O)Nc1cc(OC)ccc1OC)S(C)(=O)=O. The minimum absolute atomic E-state index is 0.243. The summed E-state index contributed by atoms with van der Waals surface area (Å²) in [6, 6.07) is 4.98. The van der Waals surface area contributed by atoms with Crippen LogP contribution in [0.15, 0.2) is 18.2 Å². The van der Waals surface area contributed by atoms with E-state index in [0.717, 1.165) is 10.6 Å². The Kier molecular flexibility index (Phi) is 6.63. The fraction of sp³-hybridized carbons (Fsp3) is 0.500. The van der Waals surface area contributed by atoms with Gasteiger partial charge < -0.3 is 14.8 Å². The number of sulfonamides is 1. The molecule has 0 spiro atoms. The highest BCUT2D eigenvalue weighted by Gasteiger charge is 2.20. The van der Waals surface area contributed by atoms with E-state index >= 15 is 0 Å². The molecule has 7 nitrogen and oxygen atoms in total. The van der Waals surface area contributed by atoms with Gasteiger partial charge >= 0.3 is 0 Å². The summed E-state index contributed by atoms with van der Waals surface area (Å²) in [5, 5.41) is 2.65. The van der Waals surface area contributed by atoms with Crippen LogP contribution >= 0.6 is 0 Å². The molecule has 8 heteroatoms. The van der Waals surface area contributed by atoms with E-state index in [1.165, 1.54) is 14.2 Å². The van der Waals surface area contributed by atoms with Crippen molar-refractivity contribution < 1.29 is 22.7 Å². The molecule has 0 bridgehead atoms. The molecule has 0 radical (unpaired) electrons. The van der Waals surface area contributed by atoms with Crippen molar-refractivity contribution in [3.05, 3.63) is 18.2 Å². The molecule has 0 aliphatic heterocycles. The monoisotopic (exact) mass is 330 g/mol. The Morgan fingerprint density at radius 3 is 2.45 bits per heavy atom. The fourth-order valence-corrected chi connectivity index (χ4v) is 2.74. The van der Waals surface area contributed by atoms with E-state index in [4.69, 9.17) is 9.47 Å². The third-order valence-corrected chi connectivity index (χ3v) is 4.19. The third kappa shape index (κ3) is 5.19. The van der Waals surface area contributed by atoms with Gasteiger partial charge in [-0.3, -0.25) is 4.79 Å². The van der Waals surface area contributed by atoms with E-state index in [1.807, 2.05) is 6.92 Å². The van der Waals surface area contributed by atoms with Crippen molar-refractivity contribution in [2.45, 2.75) is 13.3 Å². The lowest BCUT2D eigenvalue weighted by atomic mass is 10.2. The number of nitrogens with one attached hydrogen (secondary N) is 1. The number of anilines is 1. The molecule has 22 heavy (non-hydrogen) atoms. The lowest BCUT2D eigenvalue weighted by Gasteiger charge is -2.19. The number of amides is 1. The highest BCUT2D eigenvalue weighted by atomic mass is 32.2. The van der Waals surface area contributed by atoms with Crippen LogP contribution in [-0.2, 0) is 14.8 Å². The van der Waals surface area contributed by atoms with Gasteiger partial charge in [0.15, 0.2) is 0 Å². The predicted octanol–water partition coefficient (Wildman–Crippen LogP) is 1.31. The minimum Gasteiger partial charge on any atom is -0.497 e.